The molecule has 2 fully saturated rings. The zero-order chi connectivity index (χ0) is 17.7. The number of hydrogen-bond donors (Lipinski definition) is 4. The summed E-state index contributed by atoms with van der Waals surface area (Å²) < 4.78 is 0. The van der Waals surface area contributed by atoms with Crippen LogP contribution in [0.15, 0.2) is 30.3 Å². The molecule has 26 heavy (non-hydrogen) atoms. The van der Waals surface area contributed by atoms with Gasteiger partial charge in [-0.1, -0.05) is 43.2 Å². The summed E-state index contributed by atoms with van der Waals surface area (Å²) in [4.78, 5) is 25.0. The van der Waals surface area contributed by atoms with Gasteiger partial charge in [0.15, 0.2) is 0 Å². The molecule has 1 unspecified atom stereocenters. The Labute approximate surface area is 161 Å². The minimum Gasteiger partial charge on any atom is -0.352 e. The number of hydrogen-bond acceptors (Lipinski definition) is 3. The average molecular weight is 381 g/mol. The highest BCUT2D eigenvalue weighted by atomic mass is 35.5. The predicted octanol–water partition coefficient (Wildman–Crippen LogP) is 2.07. The van der Waals surface area contributed by atoms with Crippen molar-refractivity contribution in [2.24, 2.45) is 11.7 Å². The fraction of sp³-hybridized carbons (Fsp3) is 0.579. The van der Waals surface area contributed by atoms with Crippen molar-refractivity contribution in [3.63, 3.8) is 0 Å². The third-order valence-electron chi connectivity index (χ3n) is 5.27. The highest BCUT2D eigenvalue weighted by Gasteiger charge is 2.42. The first-order valence-electron chi connectivity index (χ1n) is 9.23. The molecule has 7 heteroatoms. The van der Waals surface area contributed by atoms with Crippen LogP contribution in [0.4, 0.5) is 4.79 Å². The Morgan fingerprint density at radius 2 is 1.77 bits per heavy atom. The normalized spacial score (nSPS) is 19.1. The van der Waals surface area contributed by atoms with Crippen molar-refractivity contribution in [1.29, 1.82) is 0 Å². The maximum Gasteiger partial charge on any atom is 0.315 e. The van der Waals surface area contributed by atoms with Crippen LogP contribution in [0, 0.1) is 5.92 Å². The molecule has 1 aromatic rings. The lowest BCUT2D eigenvalue weighted by atomic mass is 9.96. The summed E-state index contributed by atoms with van der Waals surface area (Å²) in [5.74, 6) is 0.443. The molecular weight excluding hydrogens is 352 g/mol. The first-order valence-corrected chi connectivity index (χ1v) is 9.23. The monoisotopic (exact) mass is 380 g/mol. The maximum atomic E-state index is 12.7. The van der Waals surface area contributed by atoms with E-state index in [1.165, 1.54) is 0 Å². The number of amides is 3. The smallest absolute Gasteiger partial charge is 0.315 e. The minimum absolute atomic E-state index is 0. The average Bonchev–Trinajstić information content (AvgIpc) is 3.38. The van der Waals surface area contributed by atoms with Crippen molar-refractivity contribution >= 4 is 24.3 Å². The van der Waals surface area contributed by atoms with Crippen molar-refractivity contribution in [1.82, 2.24) is 16.0 Å². The molecule has 0 saturated heterocycles. The lowest BCUT2D eigenvalue weighted by Gasteiger charge is -2.29. The standard InChI is InChI=1S/C19H28N4O2.ClH/c20-16(15-8-9-15)13-21-17(24)19(10-4-5-11-19)23-18(25)22-12-14-6-2-1-3-7-14;/h1-3,6-7,15-16H,4-5,8-13,20H2,(H,21,24)(H2,22,23,25);1H. The Hall–Kier alpha value is -1.79. The van der Waals surface area contributed by atoms with Crippen LogP contribution >= 0.6 is 12.4 Å². The number of rotatable bonds is 7. The Balaban J connectivity index is 0.00000243. The molecule has 3 rings (SSSR count). The molecule has 0 heterocycles. The quantitative estimate of drug-likeness (QED) is 0.583. The van der Waals surface area contributed by atoms with Crippen molar-refractivity contribution in [2.45, 2.75) is 56.7 Å². The van der Waals surface area contributed by atoms with E-state index in [0.717, 1.165) is 31.2 Å². The molecule has 0 radical (unpaired) electrons. The Kier molecular flexibility index (Phi) is 7.29. The van der Waals surface area contributed by atoms with Crippen LogP contribution in [0.5, 0.6) is 0 Å². The molecule has 2 aliphatic carbocycles. The van der Waals surface area contributed by atoms with E-state index >= 15 is 0 Å². The third-order valence-corrected chi connectivity index (χ3v) is 5.27. The predicted molar refractivity (Wildman–Crippen MR) is 104 cm³/mol. The molecule has 2 aliphatic rings. The number of halogens is 1. The van der Waals surface area contributed by atoms with Gasteiger partial charge < -0.3 is 21.7 Å². The molecule has 5 N–H and O–H groups in total. The second kappa shape index (κ2) is 9.24. The minimum atomic E-state index is -0.802. The van der Waals surface area contributed by atoms with Crippen LogP contribution in [-0.4, -0.2) is 30.1 Å². The van der Waals surface area contributed by atoms with Crippen LogP contribution in [0.25, 0.3) is 0 Å². The number of urea groups is 1. The summed E-state index contributed by atoms with van der Waals surface area (Å²) in [5.41, 5.74) is 6.29. The molecule has 0 spiro atoms. The molecular formula is C19H29ClN4O2. The third kappa shape index (κ3) is 5.35. The van der Waals surface area contributed by atoms with E-state index in [9.17, 15) is 9.59 Å². The van der Waals surface area contributed by atoms with Gasteiger partial charge in [0.2, 0.25) is 5.91 Å². The van der Waals surface area contributed by atoms with Crippen molar-refractivity contribution in [3.8, 4) is 0 Å². The number of benzene rings is 1. The van der Waals surface area contributed by atoms with Crippen LogP contribution in [0.3, 0.4) is 0 Å². The van der Waals surface area contributed by atoms with E-state index < -0.39 is 5.54 Å². The Morgan fingerprint density at radius 1 is 1.12 bits per heavy atom. The van der Waals surface area contributed by atoms with E-state index in [1.807, 2.05) is 30.3 Å². The fourth-order valence-electron chi connectivity index (χ4n) is 3.50. The number of nitrogens with two attached hydrogens (primary N) is 1. The molecule has 144 valence electrons. The second-order valence-electron chi connectivity index (χ2n) is 7.29. The first kappa shape index (κ1) is 20.5. The van der Waals surface area contributed by atoms with Gasteiger partial charge in [0.05, 0.1) is 0 Å². The van der Waals surface area contributed by atoms with Crippen molar-refractivity contribution < 1.29 is 9.59 Å². The largest absolute Gasteiger partial charge is 0.352 e. The Morgan fingerprint density at radius 3 is 2.38 bits per heavy atom. The van der Waals surface area contributed by atoms with Gasteiger partial charge in [0, 0.05) is 19.1 Å². The van der Waals surface area contributed by atoms with E-state index in [2.05, 4.69) is 16.0 Å². The van der Waals surface area contributed by atoms with E-state index in [-0.39, 0.29) is 30.4 Å². The van der Waals surface area contributed by atoms with Gasteiger partial charge in [-0.15, -0.1) is 12.4 Å². The molecule has 0 aromatic heterocycles. The molecule has 2 saturated carbocycles. The van der Waals surface area contributed by atoms with Crippen LogP contribution in [0.2, 0.25) is 0 Å². The van der Waals surface area contributed by atoms with Gasteiger partial charge >= 0.3 is 6.03 Å². The zero-order valence-electron chi connectivity index (χ0n) is 15.0. The fourth-order valence-corrected chi connectivity index (χ4v) is 3.50. The molecule has 3 amide bonds. The lowest BCUT2D eigenvalue weighted by Crippen LogP contribution is -2.60. The van der Waals surface area contributed by atoms with E-state index in [0.29, 0.717) is 31.8 Å². The van der Waals surface area contributed by atoms with Gasteiger partial charge in [-0.25, -0.2) is 4.79 Å². The van der Waals surface area contributed by atoms with Crippen molar-refractivity contribution in [2.75, 3.05) is 6.54 Å². The van der Waals surface area contributed by atoms with Gasteiger partial charge in [-0.05, 0) is 37.2 Å². The number of carbonyl (C=O) groups excluding carboxylic acids is 2. The van der Waals surface area contributed by atoms with Gasteiger partial charge in [0.1, 0.15) is 5.54 Å². The number of carbonyl (C=O) groups is 2. The van der Waals surface area contributed by atoms with Crippen LogP contribution in [0.1, 0.15) is 44.1 Å². The lowest BCUT2D eigenvalue weighted by molar-refractivity contribution is -0.127. The van der Waals surface area contributed by atoms with E-state index in [1.54, 1.807) is 0 Å². The summed E-state index contributed by atoms with van der Waals surface area (Å²) in [5, 5.41) is 8.73. The summed E-state index contributed by atoms with van der Waals surface area (Å²) >= 11 is 0. The summed E-state index contributed by atoms with van der Waals surface area (Å²) in [6.07, 6.45) is 5.55. The van der Waals surface area contributed by atoms with Crippen LogP contribution in [-0.2, 0) is 11.3 Å². The molecule has 6 nitrogen and oxygen atoms in total. The number of nitrogens with one attached hydrogen (secondary N) is 3. The zero-order valence-corrected chi connectivity index (χ0v) is 15.8. The SMILES string of the molecule is Cl.NC(CNC(=O)C1(NC(=O)NCc2ccccc2)CCCC1)C1CC1. The molecule has 1 aromatic carbocycles. The first-order chi connectivity index (χ1) is 12.1. The second-order valence-corrected chi connectivity index (χ2v) is 7.29. The van der Waals surface area contributed by atoms with Gasteiger partial charge in [0.25, 0.3) is 0 Å². The molecule has 0 bridgehead atoms. The van der Waals surface area contributed by atoms with Gasteiger partial charge in [-0.3, -0.25) is 4.79 Å². The van der Waals surface area contributed by atoms with E-state index in [4.69, 9.17) is 5.73 Å². The Bertz CT molecular complexity index is 601. The summed E-state index contributed by atoms with van der Waals surface area (Å²) in [7, 11) is 0. The topological polar surface area (TPSA) is 96.2 Å². The highest BCUT2D eigenvalue weighted by Crippen LogP contribution is 2.32. The van der Waals surface area contributed by atoms with Gasteiger partial charge in [-0.2, -0.15) is 0 Å². The maximum absolute atomic E-state index is 12.7. The highest BCUT2D eigenvalue weighted by molar-refractivity contribution is 5.91. The summed E-state index contributed by atoms with van der Waals surface area (Å²) in [6.45, 7) is 0.926. The van der Waals surface area contributed by atoms with Crippen LogP contribution < -0.4 is 21.7 Å². The molecule has 1 atom stereocenters. The van der Waals surface area contributed by atoms with Crippen molar-refractivity contribution in [3.05, 3.63) is 35.9 Å². The molecule has 0 aliphatic heterocycles. The summed E-state index contributed by atoms with van der Waals surface area (Å²) in [6, 6.07) is 9.44.